The largest absolute Gasteiger partial charge is 0.373 e. The molecule has 1 aromatic rings. The lowest BCUT2D eigenvalue weighted by atomic mass is 10.2. The zero-order valence-electron chi connectivity index (χ0n) is 14.3. The van der Waals surface area contributed by atoms with Crippen molar-refractivity contribution in [3.05, 3.63) is 34.9 Å². The molecule has 3 rings (SSSR count). The fraction of sp³-hybridized carbons (Fsp3) is 0.611. The van der Waals surface area contributed by atoms with Crippen LogP contribution in [-0.2, 0) is 11.3 Å². The number of ether oxygens (including phenoxy) is 1. The summed E-state index contributed by atoms with van der Waals surface area (Å²) in [7, 11) is 0. The van der Waals surface area contributed by atoms with Crippen molar-refractivity contribution < 1.29 is 4.74 Å². The second kappa shape index (κ2) is 8.70. The zero-order chi connectivity index (χ0) is 16.8. The maximum atomic E-state index is 6.20. The van der Waals surface area contributed by atoms with E-state index in [4.69, 9.17) is 16.3 Å². The first-order chi connectivity index (χ1) is 11.8. The normalized spacial score (nSPS) is 24.7. The van der Waals surface area contributed by atoms with Crippen LogP contribution >= 0.6 is 11.6 Å². The number of rotatable bonds is 5. The molecule has 2 fully saturated rings. The van der Waals surface area contributed by atoms with Gasteiger partial charge in [0, 0.05) is 30.7 Å². The average molecular weight is 351 g/mol. The molecule has 6 heteroatoms. The molecular weight excluding hydrogens is 324 g/mol. The fourth-order valence-electron chi connectivity index (χ4n) is 3.35. The predicted molar refractivity (Wildman–Crippen MR) is 98.6 cm³/mol. The van der Waals surface area contributed by atoms with Gasteiger partial charge in [0.2, 0.25) is 0 Å². The van der Waals surface area contributed by atoms with Crippen molar-refractivity contribution in [2.75, 3.05) is 32.8 Å². The number of benzene rings is 1. The molecule has 2 N–H and O–H groups in total. The Morgan fingerprint density at radius 3 is 3.08 bits per heavy atom. The molecule has 0 bridgehead atoms. The smallest absolute Gasteiger partial charge is 0.191 e. The lowest BCUT2D eigenvalue weighted by Gasteiger charge is -2.35. The second-order valence-electron chi connectivity index (χ2n) is 6.41. The third-order valence-electron chi connectivity index (χ3n) is 4.67. The van der Waals surface area contributed by atoms with E-state index in [1.807, 2.05) is 24.3 Å². The van der Waals surface area contributed by atoms with Gasteiger partial charge in [0.1, 0.15) is 0 Å². The van der Waals surface area contributed by atoms with Crippen molar-refractivity contribution in [2.24, 2.45) is 4.99 Å². The number of hydrogen-bond acceptors (Lipinski definition) is 3. The first-order valence-electron chi connectivity index (χ1n) is 8.87. The Labute approximate surface area is 149 Å². The highest BCUT2D eigenvalue weighted by molar-refractivity contribution is 6.31. The van der Waals surface area contributed by atoms with Gasteiger partial charge in [-0.15, -0.1) is 0 Å². The van der Waals surface area contributed by atoms with Gasteiger partial charge in [-0.05, 0) is 37.9 Å². The van der Waals surface area contributed by atoms with Crippen LogP contribution in [0.4, 0.5) is 0 Å². The molecule has 2 aliphatic heterocycles. The molecule has 2 heterocycles. The number of guanidine groups is 1. The minimum atomic E-state index is 0.225. The van der Waals surface area contributed by atoms with Gasteiger partial charge in [0.15, 0.2) is 5.96 Å². The Hall–Kier alpha value is -1.30. The number of aliphatic imine (C=N–C) groups is 1. The van der Waals surface area contributed by atoms with Crippen LogP contribution in [-0.4, -0.2) is 55.8 Å². The van der Waals surface area contributed by atoms with Gasteiger partial charge < -0.3 is 15.4 Å². The molecule has 0 radical (unpaired) electrons. The summed E-state index contributed by atoms with van der Waals surface area (Å²) in [5, 5.41) is 7.45. The summed E-state index contributed by atoms with van der Waals surface area (Å²) in [6.45, 7) is 7.32. The average Bonchev–Trinajstić information content (AvgIpc) is 3.06. The number of nitrogens with zero attached hydrogens (tertiary/aromatic N) is 2. The van der Waals surface area contributed by atoms with Crippen LogP contribution in [0.1, 0.15) is 25.3 Å². The summed E-state index contributed by atoms with van der Waals surface area (Å²) in [5.41, 5.74) is 1.03. The summed E-state index contributed by atoms with van der Waals surface area (Å²) < 4.78 is 5.99. The van der Waals surface area contributed by atoms with Crippen molar-refractivity contribution in [1.82, 2.24) is 15.5 Å². The van der Waals surface area contributed by atoms with Gasteiger partial charge in [-0.3, -0.25) is 4.90 Å². The number of morpholine rings is 1. The van der Waals surface area contributed by atoms with Crippen LogP contribution in [0, 0.1) is 0 Å². The van der Waals surface area contributed by atoms with Crippen LogP contribution in [0.2, 0.25) is 5.02 Å². The van der Waals surface area contributed by atoms with E-state index in [0.29, 0.717) is 12.6 Å². The van der Waals surface area contributed by atoms with Gasteiger partial charge in [0.25, 0.3) is 0 Å². The lowest BCUT2D eigenvalue weighted by molar-refractivity contribution is -0.0453. The maximum Gasteiger partial charge on any atom is 0.191 e. The highest BCUT2D eigenvalue weighted by atomic mass is 35.5. The maximum absolute atomic E-state index is 6.20. The van der Waals surface area contributed by atoms with Crippen molar-refractivity contribution in [3.8, 4) is 0 Å². The number of hydrogen-bond donors (Lipinski definition) is 2. The Kier molecular flexibility index (Phi) is 6.35. The van der Waals surface area contributed by atoms with E-state index in [2.05, 4.69) is 27.4 Å². The van der Waals surface area contributed by atoms with Crippen LogP contribution in [0.3, 0.4) is 0 Å². The second-order valence-corrected chi connectivity index (χ2v) is 6.82. The standard InChI is InChI=1S/C18H27ClN4O/c1-2-20-18(21-10-14-6-3-4-8-17(14)19)22-11-16-12-23-9-5-7-15(23)13-24-16/h3-4,6,8,15-16H,2,5,7,9-13H2,1H3,(H2,20,21,22). The summed E-state index contributed by atoms with van der Waals surface area (Å²) in [6, 6.07) is 8.47. The molecule has 2 saturated heterocycles. The quantitative estimate of drug-likeness (QED) is 0.631. The topological polar surface area (TPSA) is 48.9 Å². The predicted octanol–water partition coefficient (Wildman–Crippen LogP) is 2.26. The Morgan fingerprint density at radius 1 is 1.38 bits per heavy atom. The Balaban J connectivity index is 1.52. The molecule has 0 amide bonds. The molecule has 5 nitrogen and oxygen atoms in total. The monoisotopic (exact) mass is 350 g/mol. The van der Waals surface area contributed by atoms with E-state index in [1.165, 1.54) is 19.4 Å². The molecule has 2 unspecified atom stereocenters. The molecule has 0 aliphatic carbocycles. The molecule has 132 valence electrons. The van der Waals surface area contributed by atoms with E-state index in [0.717, 1.165) is 42.8 Å². The Morgan fingerprint density at radius 2 is 2.25 bits per heavy atom. The van der Waals surface area contributed by atoms with Gasteiger partial charge >= 0.3 is 0 Å². The first kappa shape index (κ1) is 17.5. The fourth-order valence-corrected chi connectivity index (χ4v) is 3.55. The molecule has 0 spiro atoms. The lowest BCUT2D eigenvalue weighted by Crippen LogP contribution is -2.51. The van der Waals surface area contributed by atoms with E-state index in [-0.39, 0.29) is 6.10 Å². The molecule has 0 saturated carbocycles. The summed E-state index contributed by atoms with van der Waals surface area (Å²) >= 11 is 6.20. The number of fused-ring (bicyclic) bond motifs is 1. The summed E-state index contributed by atoms with van der Waals surface area (Å²) in [5.74, 6) is 0.810. The minimum Gasteiger partial charge on any atom is -0.373 e. The molecule has 1 aromatic carbocycles. The summed E-state index contributed by atoms with van der Waals surface area (Å²) in [6.07, 6.45) is 2.81. The first-order valence-corrected chi connectivity index (χ1v) is 9.25. The third-order valence-corrected chi connectivity index (χ3v) is 5.04. The highest BCUT2D eigenvalue weighted by Crippen LogP contribution is 2.22. The molecule has 0 aromatic heterocycles. The molecule has 2 aliphatic rings. The van der Waals surface area contributed by atoms with Gasteiger partial charge in [0.05, 0.1) is 19.3 Å². The van der Waals surface area contributed by atoms with E-state index in [1.54, 1.807) is 0 Å². The van der Waals surface area contributed by atoms with E-state index in [9.17, 15) is 0 Å². The van der Waals surface area contributed by atoms with Crippen LogP contribution in [0.5, 0.6) is 0 Å². The molecular formula is C18H27ClN4O. The van der Waals surface area contributed by atoms with E-state index >= 15 is 0 Å². The van der Waals surface area contributed by atoms with Crippen molar-refractivity contribution in [3.63, 3.8) is 0 Å². The molecule has 24 heavy (non-hydrogen) atoms. The summed E-state index contributed by atoms with van der Waals surface area (Å²) in [4.78, 5) is 7.20. The number of halogens is 1. The number of nitrogens with one attached hydrogen (secondary N) is 2. The SMILES string of the molecule is CCNC(=NCc1ccccc1Cl)NCC1CN2CCCC2CO1. The van der Waals surface area contributed by atoms with Crippen molar-refractivity contribution >= 4 is 17.6 Å². The highest BCUT2D eigenvalue weighted by Gasteiger charge is 2.32. The van der Waals surface area contributed by atoms with Crippen LogP contribution < -0.4 is 10.6 Å². The molecule has 2 atom stereocenters. The van der Waals surface area contributed by atoms with Crippen LogP contribution in [0.25, 0.3) is 0 Å². The van der Waals surface area contributed by atoms with Gasteiger partial charge in [-0.2, -0.15) is 0 Å². The van der Waals surface area contributed by atoms with Gasteiger partial charge in [-0.1, -0.05) is 29.8 Å². The van der Waals surface area contributed by atoms with Crippen molar-refractivity contribution in [2.45, 2.75) is 38.5 Å². The van der Waals surface area contributed by atoms with Crippen molar-refractivity contribution in [1.29, 1.82) is 0 Å². The minimum absolute atomic E-state index is 0.225. The zero-order valence-corrected chi connectivity index (χ0v) is 15.1. The van der Waals surface area contributed by atoms with Gasteiger partial charge in [-0.25, -0.2) is 4.99 Å². The van der Waals surface area contributed by atoms with E-state index < -0.39 is 0 Å². The van der Waals surface area contributed by atoms with Crippen LogP contribution in [0.15, 0.2) is 29.3 Å². The third kappa shape index (κ3) is 4.62. The Bertz CT molecular complexity index is 566.